The summed E-state index contributed by atoms with van der Waals surface area (Å²) >= 11 is 7.51. The predicted octanol–water partition coefficient (Wildman–Crippen LogP) is 5.41. The van der Waals surface area contributed by atoms with Gasteiger partial charge < -0.3 is 10.1 Å². The number of nitrogens with one attached hydrogen (secondary N) is 1. The standard InChI is InChI=1S/C26H20ClN3O3S/c1-33-22-14-8-7-13-21(22)29-24(31)19(16-28)26-30(18-10-3-2-4-11-18)25(32)23(34-26)15-17-9-5-6-12-20(17)27/h2-14,23H,15H2,1H3,(H,29,31)/b26-19-/t23-/m0/s1. The Bertz CT molecular complexity index is 1300. The number of hydrogen-bond acceptors (Lipinski definition) is 5. The summed E-state index contributed by atoms with van der Waals surface area (Å²) in [6.07, 6.45) is 0.364. The highest BCUT2D eigenvalue weighted by Gasteiger charge is 2.41. The molecule has 0 saturated carbocycles. The summed E-state index contributed by atoms with van der Waals surface area (Å²) in [6, 6.07) is 25.2. The van der Waals surface area contributed by atoms with Gasteiger partial charge in [0.15, 0.2) is 0 Å². The maximum Gasteiger partial charge on any atom is 0.269 e. The predicted molar refractivity (Wildman–Crippen MR) is 135 cm³/mol. The Morgan fingerprint density at radius 3 is 2.47 bits per heavy atom. The Morgan fingerprint density at radius 1 is 1.09 bits per heavy atom. The van der Waals surface area contributed by atoms with E-state index in [1.807, 2.05) is 30.3 Å². The molecule has 1 saturated heterocycles. The molecule has 1 fully saturated rings. The molecular formula is C26H20ClN3O3S. The Kier molecular flexibility index (Phi) is 7.21. The number of ether oxygens (including phenoxy) is 1. The number of benzene rings is 3. The zero-order valence-corrected chi connectivity index (χ0v) is 19.8. The molecule has 4 rings (SSSR count). The summed E-state index contributed by atoms with van der Waals surface area (Å²) in [5, 5.41) is 13.0. The van der Waals surface area contributed by atoms with Crippen LogP contribution in [0.1, 0.15) is 5.56 Å². The molecule has 6 nitrogen and oxygen atoms in total. The number of halogens is 1. The molecule has 0 aliphatic carbocycles. The van der Waals surface area contributed by atoms with Crippen LogP contribution in [0.5, 0.6) is 5.75 Å². The van der Waals surface area contributed by atoms with Crippen molar-refractivity contribution in [3.05, 3.63) is 100 Å². The highest BCUT2D eigenvalue weighted by atomic mass is 35.5. The van der Waals surface area contributed by atoms with Crippen molar-refractivity contribution >= 4 is 46.6 Å². The number of nitriles is 1. The molecule has 34 heavy (non-hydrogen) atoms. The molecule has 0 bridgehead atoms. The third-order valence-corrected chi connectivity index (χ3v) is 6.87. The van der Waals surface area contributed by atoms with Gasteiger partial charge in [0.25, 0.3) is 5.91 Å². The molecule has 3 aromatic carbocycles. The second kappa shape index (κ2) is 10.5. The highest BCUT2D eigenvalue weighted by Crippen LogP contribution is 2.42. The lowest BCUT2D eigenvalue weighted by molar-refractivity contribution is -0.117. The topological polar surface area (TPSA) is 82.4 Å². The lowest BCUT2D eigenvalue weighted by Gasteiger charge is -2.19. The first kappa shape index (κ1) is 23.4. The Balaban J connectivity index is 1.73. The third kappa shape index (κ3) is 4.79. The van der Waals surface area contributed by atoms with E-state index in [0.29, 0.717) is 28.6 Å². The van der Waals surface area contributed by atoms with E-state index >= 15 is 0 Å². The second-order valence-corrected chi connectivity index (χ2v) is 8.96. The summed E-state index contributed by atoms with van der Waals surface area (Å²) in [6.45, 7) is 0. The van der Waals surface area contributed by atoms with Crippen molar-refractivity contribution in [1.29, 1.82) is 5.26 Å². The smallest absolute Gasteiger partial charge is 0.269 e. The minimum absolute atomic E-state index is 0.158. The molecule has 0 aromatic heterocycles. The molecular weight excluding hydrogens is 470 g/mol. The van der Waals surface area contributed by atoms with Crippen molar-refractivity contribution in [3.63, 3.8) is 0 Å². The molecule has 2 amide bonds. The van der Waals surface area contributed by atoms with Crippen molar-refractivity contribution < 1.29 is 14.3 Å². The molecule has 1 N–H and O–H groups in total. The zero-order chi connectivity index (χ0) is 24.1. The molecule has 8 heteroatoms. The van der Waals surface area contributed by atoms with Crippen molar-refractivity contribution in [2.45, 2.75) is 11.7 Å². The number of thioether (sulfide) groups is 1. The van der Waals surface area contributed by atoms with E-state index in [2.05, 4.69) is 5.32 Å². The second-order valence-electron chi connectivity index (χ2n) is 7.36. The molecule has 170 valence electrons. The first-order chi connectivity index (χ1) is 16.5. The first-order valence-electron chi connectivity index (χ1n) is 10.4. The zero-order valence-electron chi connectivity index (χ0n) is 18.2. The van der Waals surface area contributed by atoms with Crippen LogP contribution in [0.4, 0.5) is 11.4 Å². The lowest BCUT2D eigenvalue weighted by Crippen LogP contribution is -2.31. The van der Waals surface area contributed by atoms with Crippen LogP contribution in [0.15, 0.2) is 89.5 Å². The number of para-hydroxylation sites is 3. The first-order valence-corrected chi connectivity index (χ1v) is 11.7. The van der Waals surface area contributed by atoms with E-state index in [0.717, 1.165) is 5.56 Å². The molecule has 1 heterocycles. The fourth-order valence-electron chi connectivity index (χ4n) is 3.60. The van der Waals surface area contributed by atoms with Gasteiger partial charge in [0.05, 0.1) is 18.0 Å². The maximum atomic E-state index is 13.5. The van der Waals surface area contributed by atoms with Crippen molar-refractivity contribution in [2.24, 2.45) is 0 Å². The number of nitrogens with zero attached hydrogens (tertiary/aromatic N) is 2. The quantitative estimate of drug-likeness (QED) is 0.369. The molecule has 1 aliphatic heterocycles. The van der Waals surface area contributed by atoms with Gasteiger partial charge in [-0.3, -0.25) is 14.5 Å². The fraction of sp³-hybridized carbons (Fsp3) is 0.115. The summed E-state index contributed by atoms with van der Waals surface area (Å²) in [4.78, 5) is 28.1. The van der Waals surface area contributed by atoms with Gasteiger partial charge in [0, 0.05) is 10.7 Å². The van der Waals surface area contributed by atoms with Crippen LogP contribution in [0.3, 0.4) is 0 Å². The van der Waals surface area contributed by atoms with Gasteiger partial charge in [0.1, 0.15) is 22.4 Å². The Labute approximate surface area is 206 Å². The number of amides is 2. The Hall–Kier alpha value is -3.73. The summed E-state index contributed by atoms with van der Waals surface area (Å²) in [5.41, 5.74) is 1.67. The number of hydrogen-bond donors (Lipinski definition) is 1. The molecule has 1 aliphatic rings. The minimum atomic E-state index is -0.623. The van der Waals surface area contributed by atoms with Crippen LogP contribution in [-0.4, -0.2) is 24.2 Å². The van der Waals surface area contributed by atoms with E-state index in [1.165, 1.54) is 23.8 Å². The van der Waals surface area contributed by atoms with Gasteiger partial charge in [-0.2, -0.15) is 5.26 Å². The Morgan fingerprint density at radius 2 is 1.76 bits per heavy atom. The molecule has 3 aromatic rings. The van der Waals surface area contributed by atoms with Crippen molar-refractivity contribution in [3.8, 4) is 11.8 Å². The largest absolute Gasteiger partial charge is 0.495 e. The SMILES string of the molecule is COc1ccccc1NC(=O)/C(C#N)=C1\S[C@@H](Cc2ccccc2Cl)C(=O)N1c1ccccc1. The van der Waals surface area contributed by atoms with Crippen molar-refractivity contribution in [1.82, 2.24) is 0 Å². The van der Waals surface area contributed by atoms with E-state index in [9.17, 15) is 14.9 Å². The molecule has 0 unspecified atom stereocenters. The summed E-state index contributed by atoms with van der Waals surface area (Å²) in [7, 11) is 1.50. The summed E-state index contributed by atoms with van der Waals surface area (Å²) in [5.74, 6) is -0.379. The molecule has 0 radical (unpaired) electrons. The number of methoxy groups -OCH3 is 1. The normalized spacial score (nSPS) is 16.7. The maximum absolute atomic E-state index is 13.5. The van der Waals surface area contributed by atoms with Gasteiger partial charge in [-0.25, -0.2) is 0 Å². The number of carbonyl (C=O) groups excluding carboxylic acids is 2. The average Bonchev–Trinajstić information content (AvgIpc) is 3.17. The van der Waals surface area contributed by atoms with Gasteiger partial charge in [-0.05, 0) is 42.3 Å². The van der Waals surface area contributed by atoms with Crippen LogP contribution < -0.4 is 15.0 Å². The van der Waals surface area contributed by atoms with Crippen LogP contribution in [0.2, 0.25) is 5.02 Å². The third-order valence-electron chi connectivity index (χ3n) is 5.24. The minimum Gasteiger partial charge on any atom is -0.495 e. The van der Waals surface area contributed by atoms with Gasteiger partial charge in [-0.15, -0.1) is 0 Å². The lowest BCUT2D eigenvalue weighted by atomic mass is 10.1. The van der Waals surface area contributed by atoms with E-state index < -0.39 is 11.2 Å². The van der Waals surface area contributed by atoms with Crippen LogP contribution in [0.25, 0.3) is 0 Å². The van der Waals surface area contributed by atoms with Crippen LogP contribution >= 0.6 is 23.4 Å². The van der Waals surface area contributed by atoms with Crippen LogP contribution in [0, 0.1) is 11.3 Å². The van der Waals surface area contributed by atoms with Crippen LogP contribution in [-0.2, 0) is 16.0 Å². The number of carbonyl (C=O) groups is 2. The van der Waals surface area contributed by atoms with Gasteiger partial charge in [-0.1, -0.05) is 71.9 Å². The van der Waals surface area contributed by atoms with Crippen molar-refractivity contribution in [2.75, 3.05) is 17.3 Å². The number of rotatable bonds is 6. The van der Waals surface area contributed by atoms with Gasteiger partial charge >= 0.3 is 0 Å². The summed E-state index contributed by atoms with van der Waals surface area (Å²) < 4.78 is 5.29. The fourth-order valence-corrected chi connectivity index (χ4v) is 5.10. The molecule has 0 spiro atoms. The van der Waals surface area contributed by atoms with E-state index in [4.69, 9.17) is 16.3 Å². The van der Waals surface area contributed by atoms with E-state index in [1.54, 1.807) is 54.6 Å². The van der Waals surface area contributed by atoms with E-state index in [-0.39, 0.29) is 16.5 Å². The monoisotopic (exact) mass is 489 g/mol. The number of anilines is 2. The average molecular weight is 490 g/mol. The highest BCUT2D eigenvalue weighted by molar-refractivity contribution is 8.05. The van der Waals surface area contributed by atoms with Gasteiger partial charge in [0.2, 0.25) is 5.91 Å². The molecule has 1 atom stereocenters.